The molecule has 140 heavy (non-hydrogen) atoms. The van der Waals surface area contributed by atoms with Crippen molar-refractivity contribution in [1.29, 1.82) is 5.26 Å². The fourth-order valence-electron chi connectivity index (χ4n) is 22.2. The minimum atomic E-state index is 0.593. The maximum Gasteiger partial charge on any atom is 0.0991 e. The first kappa shape index (κ1) is 85.3. The van der Waals surface area contributed by atoms with E-state index in [0.717, 1.165) is 5.56 Å². The largest absolute Gasteiger partial charge is 0.192 e. The average Bonchev–Trinajstić information content (AvgIpc) is 0.730. The van der Waals surface area contributed by atoms with Gasteiger partial charge in [0.2, 0.25) is 0 Å². The molecule has 1 nitrogen and oxygen atoms in total. The Bertz CT molecular complexity index is 8900. The number of rotatable bonds is 14. The lowest BCUT2D eigenvalue weighted by Crippen LogP contribution is -2.05. The van der Waals surface area contributed by atoms with Crippen molar-refractivity contribution in [3.63, 3.8) is 0 Å². The van der Waals surface area contributed by atoms with E-state index in [4.69, 9.17) is 0 Å². The molecule has 0 heterocycles. The van der Waals surface area contributed by atoms with E-state index >= 15 is 0 Å². The van der Waals surface area contributed by atoms with Gasteiger partial charge in [0.15, 0.2) is 0 Å². The smallest absolute Gasteiger partial charge is 0.0991 e. The molecule has 0 N–H and O–H groups in total. The van der Waals surface area contributed by atoms with Crippen LogP contribution in [0, 0.1) is 11.3 Å². The first-order valence-corrected chi connectivity index (χ1v) is 49.0. The van der Waals surface area contributed by atoms with Gasteiger partial charge in [0, 0.05) is 0 Å². The summed E-state index contributed by atoms with van der Waals surface area (Å²) in [5.74, 6) is 0.593. The van der Waals surface area contributed by atoms with Crippen LogP contribution in [0.2, 0.25) is 0 Å². The molecular formula is C139H97N. The number of benzene rings is 25. The lowest BCUT2D eigenvalue weighted by atomic mass is 9.80. The van der Waals surface area contributed by atoms with E-state index in [0.29, 0.717) is 11.5 Å². The van der Waals surface area contributed by atoms with Gasteiger partial charge in [-0.05, 0) is 357 Å². The Balaban J connectivity index is 0.000000116. The third-order valence-corrected chi connectivity index (χ3v) is 28.8. The van der Waals surface area contributed by atoms with Crippen LogP contribution >= 0.6 is 0 Å². The molecule has 25 aromatic carbocycles. The van der Waals surface area contributed by atoms with Crippen molar-refractivity contribution in [2.45, 2.75) is 38.0 Å². The second-order valence-corrected chi connectivity index (χ2v) is 37.3. The van der Waals surface area contributed by atoms with E-state index in [9.17, 15) is 5.26 Å². The highest BCUT2D eigenvalue weighted by atomic mass is 14.3. The normalized spacial score (nSPS) is 12.1. The van der Waals surface area contributed by atoms with Crippen molar-refractivity contribution >= 4 is 97.0 Å². The van der Waals surface area contributed by atoms with Crippen LogP contribution in [0.15, 0.2) is 522 Å². The van der Waals surface area contributed by atoms with Gasteiger partial charge in [0.25, 0.3) is 0 Å². The van der Waals surface area contributed by atoms with Gasteiger partial charge in [-0.3, -0.25) is 0 Å². The van der Waals surface area contributed by atoms with Gasteiger partial charge in [-0.2, -0.15) is 5.26 Å². The Morgan fingerprint density at radius 2 is 0.364 bits per heavy atom. The second-order valence-electron chi connectivity index (χ2n) is 37.3. The van der Waals surface area contributed by atoms with Crippen molar-refractivity contribution in [3.05, 3.63) is 533 Å². The van der Waals surface area contributed by atoms with Gasteiger partial charge >= 0.3 is 0 Å². The molecule has 1 aliphatic rings. The highest BCUT2D eigenvalue weighted by Gasteiger charge is 2.27. The zero-order valence-electron chi connectivity index (χ0n) is 77.7. The predicted molar refractivity (Wildman–Crippen MR) is 598 cm³/mol. The molecule has 0 aliphatic heterocycles. The lowest BCUT2D eigenvalue weighted by molar-refractivity contribution is 0.444. The molecule has 0 saturated heterocycles. The third kappa shape index (κ3) is 16.6. The molecule has 1 aliphatic carbocycles. The van der Waals surface area contributed by atoms with Crippen LogP contribution < -0.4 is 0 Å². The summed E-state index contributed by atoms with van der Waals surface area (Å²) in [6.07, 6.45) is 6.52. The maximum atomic E-state index is 9.37. The Kier molecular flexibility index (Phi) is 23.1. The van der Waals surface area contributed by atoms with Crippen LogP contribution in [0.5, 0.6) is 0 Å². The molecule has 0 radical (unpaired) electrons. The molecule has 0 spiro atoms. The quantitative estimate of drug-likeness (QED) is 0.0996. The first-order valence-electron chi connectivity index (χ1n) is 49.0. The highest BCUT2D eigenvalue weighted by Crippen LogP contribution is 2.53. The van der Waals surface area contributed by atoms with Gasteiger partial charge in [0.1, 0.15) is 0 Å². The van der Waals surface area contributed by atoms with E-state index in [-0.39, 0.29) is 0 Å². The summed E-state index contributed by atoms with van der Waals surface area (Å²) in [5.41, 5.74) is 34.3. The van der Waals surface area contributed by atoms with Crippen LogP contribution in [0.4, 0.5) is 0 Å². The average molecular weight is 1780 g/mol. The molecule has 0 amide bonds. The third-order valence-electron chi connectivity index (χ3n) is 28.8. The van der Waals surface area contributed by atoms with Gasteiger partial charge in [-0.25, -0.2) is 0 Å². The van der Waals surface area contributed by atoms with E-state index in [1.54, 1.807) is 0 Å². The summed E-state index contributed by atoms with van der Waals surface area (Å²) >= 11 is 0. The monoisotopic (exact) mass is 1780 g/mol. The number of fused-ring (bicyclic) bond motifs is 9. The van der Waals surface area contributed by atoms with Crippen molar-refractivity contribution in [3.8, 4) is 151 Å². The fourth-order valence-corrected chi connectivity index (χ4v) is 22.2. The molecule has 0 aromatic heterocycles. The van der Waals surface area contributed by atoms with Crippen LogP contribution in [0.3, 0.4) is 0 Å². The minimum absolute atomic E-state index is 0.593. The zero-order valence-corrected chi connectivity index (χ0v) is 77.7. The summed E-state index contributed by atoms with van der Waals surface area (Å²) in [6.45, 7) is 0. The number of nitrogens with zero attached hydrogens (tertiary/aromatic N) is 1. The summed E-state index contributed by atoms with van der Waals surface area (Å²) < 4.78 is 0. The standard InChI is InChI=1S/C54H42.C48H32.C37H23N/c1-5-17-37(18-6-1)43-29-44(38-19-7-2-8-20-38)32-47(31-43)53-49-27-15-16-28-50(49)54(52-36-42-26-14-13-25-41(42)35-51(52)53)48-33-45(39-21-9-3-10-22-39)30-46(34-48)40-23-11-4-12-24-40;1-4-16-33(17-5-1)38-28-39(34-18-6-2-7-19-34)30-40(29-38)47-43-26-14-15-27-44(43)48(46-32-37-23-11-10-22-36(37)31-45(46)47)42-25-13-12-24-41(42)35-20-8-3-9-21-35;38-24-25-14-16-28(17-15-25)36-32-12-6-7-13-33(32)37(35-23-31-11-5-4-10-30(31)22-34(35)36)29-20-18-27(19-21-29)26-8-2-1-3-9-26/h1-3,5-10,13-22,25-36,40H,4,11-12,23-24H2;1-32H;1-23H. The fraction of sp³-hybridized carbons (Fsp3) is 0.0432. The van der Waals surface area contributed by atoms with Gasteiger partial charge in [-0.1, -0.05) is 450 Å². The van der Waals surface area contributed by atoms with Crippen LogP contribution in [-0.2, 0) is 0 Å². The topological polar surface area (TPSA) is 23.8 Å². The maximum absolute atomic E-state index is 9.37. The molecule has 0 bridgehead atoms. The highest BCUT2D eigenvalue weighted by molar-refractivity contribution is 6.28. The van der Waals surface area contributed by atoms with Crippen LogP contribution in [0.25, 0.3) is 242 Å². The lowest BCUT2D eigenvalue weighted by Gasteiger charge is -2.25. The first-order chi connectivity index (χ1) is 69.4. The van der Waals surface area contributed by atoms with E-state index in [1.165, 1.54) is 274 Å². The minimum Gasteiger partial charge on any atom is -0.192 e. The van der Waals surface area contributed by atoms with Crippen molar-refractivity contribution in [2.24, 2.45) is 0 Å². The summed E-state index contributed by atoms with van der Waals surface area (Å²) in [5, 5.41) is 31.9. The molecule has 1 fully saturated rings. The van der Waals surface area contributed by atoms with Crippen molar-refractivity contribution in [1.82, 2.24) is 0 Å². The molecule has 1 saturated carbocycles. The van der Waals surface area contributed by atoms with Gasteiger partial charge < -0.3 is 0 Å². The molecule has 0 unspecified atom stereocenters. The Morgan fingerprint density at radius 1 is 0.150 bits per heavy atom. The molecule has 26 rings (SSSR count). The van der Waals surface area contributed by atoms with Crippen LogP contribution in [-0.4, -0.2) is 0 Å². The summed E-state index contributed by atoms with van der Waals surface area (Å²) in [6, 6.07) is 193. The number of nitriles is 1. The molecule has 0 atom stereocenters. The Hall–Kier alpha value is -17.7. The van der Waals surface area contributed by atoms with E-state index in [2.05, 4.69) is 516 Å². The Labute approximate surface area is 817 Å². The number of hydrogen-bond donors (Lipinski definition) is 0. The van der Waals surface area contributed by atoms with Crippen molar-refractivity contribution < 1.29 is 0 Å². The van der Waals surface area contributed by atoms with Crippen molar-refractivity contribution in [2.75, 3.05) is 0 Å². The zero-order chi connectivity index (χ0) is 93.2. The van der Waals surface area contributed by atoms with Gasteiger partial charge in [0.05, 0.1) is 11.6 Å². The summed E-state index contributed by atoms with van der Waals surface area (Å²) in [7, 11) is 0. The SMILES string of the molecule is N#Cc1ccc(-c2c3ccccc3c(-c3ccc(-c4ccccc4)cc3)c3cc4ccccc4cc23)cc1.c1ccc(-c2cc(-c3ccccc3)cc(-c3c4ccccc4c(-c4cc(-c5ccccc5)cc(C5CCCCC5)c4)c4cc5ccccc5cc34)c2)cc1.c1ccc(-c2cc(-c3ccccc3)cc(-c3c4ccccc4c(-c4ccccc4-c4ccccc4)c4cc5ccccc5cc34)c2)cc1. The second kappa shape index (κ2) is 37.9. The molecule has 25 aromatic rings. The molecule has 1 heteroatoms. The van der Waals surface area contributed by atoms with E-state index < -0.39 is 0 Å². The molecular weight excluding hydrogens is 1680 g/mol. The predicted octanol–water partition coefficient (Wildman–Crippen LogP) is 39.0. The number of hydrogen-bond acceptors (Lipinski definition) is 1. The molecule has 658 valence electrons. The van der Waals surface area contributed by atoms with Gasteiger partial charge in [-0.15, -0.1) is 0 Å². The Morgan fingerprint density at radius 3 is 0.686 bits per heavy atom. The van der Waals surface area contributed by atoms with E-state index in [1.807, 2.05) is 12.1 Å². The summed E-state index contributed by atoms with van der Waals surface area (Å²) in [4.78, 5) is 0. The van der Waals surface area contributed by atoms with Crippen LogP contribution in [0.1, 0.15) is 49.1 Å².